The number of sulfonamides is 1. The first-order valence-corrected chi connectivity index (χ1v) is 8.99. The van der Waals surface area contributed by atoms with E-state index in [9.17, 15) is 23.3 Å². The van der Waals surface area contributed by atoms with E-state index >= 15 is 0 Å². The van der Waals surface area contributed by atoms with E-state index in [2.05, 4.69) is 0 Å². The lowest BCUT2D eigenvalue weighted by atomic mass is 10.2. The predicted molar refractivity (Wildman–Crippen MR) is 95.5 cm³/mol. The molecule has 1 unspecified atom stereocenters. The number of non-ortho nitro benzene ring substituents is 1. The normalized spacial score (nSPS) is 16.6. The van der Waals surface area contributed by atoms with Crippen molar-refractivity contribution in [1.29, 1.82) is 0 Å². The number of nitro groups is 1. The first-order chi connectivity index (χ1) is 11.8. The maximum Gasteiger partial charge on any atom is 0.269 e. The Hall–Kier alpha value is -1.79. The molecule has 1 saturated heterocycles. The van der Waals surface area contributed by atoms with Crippen molar-refractivity contribution < 1.29 is 22.9 Å². The number of hydrogen-bond donors (Lipinski definition) is 1. The summed E-state index contributed by atoms with van der Waals surface area (Å²) >= 11 is 0. The molecule has 2 rings (SSSR count). The predicted octanol–water partition coefficient (Wildman–Crippen LogP) is -0.177. The minimum absolute atomic E-state index is 0. The van der Waals surface area contributed by atoms with Crippen molar-refractivity contribution in [3.05, 3.63) is 34.4 Å². The number of methoxy groups -OCH3 is 1. The molecule has 1 aromatic carbocycles. The average molecular weight is 409 g/mol. The summed E-state index contributed by atoms with van der Waals surface area (Å²) in [6.45, 7) is 0.806. The van der Waals surface area contributed by atoms with Gasteiger partial charge in [-0.05, 0) is 12.1 Å². The number of ether oxygens (including phenoxy) is 1. The molecule has 0 saturated carbocycles. The summed E-state index contributed by atoms with van der Waals surface area (Å²) in [6.07, 6.45) is 0. The van der Waals surface area contributed by atoms with Gasteiger partial charge in [-0.2, -0.15) is 4.31 Å². The molecule has 0 aromatic heterocycles. The first kappa shape index (κ1) is 22.3. The van der Waals surface area contributed by atoms with Crippen LogP contribution in [0, 0.1) is 10.1 Å². The number of nitro benzene ring substituents is 1. The third-order valence-electron chi connectivity index (χ3n) is 3.90. The molecule has 10 nitrogen and oxygen atoms in total. The fraction of sp³-hybridized carbons (Fsp3) is 0.500. The molecule has 0 bridgehead atoms. The van der Waals surface area contributed by atoms with Crippen molar-refractivity contribution in [2.75, 3.05) is 39.9 Å². The van der Waals surface area contributed by atoms with E-state index in [1.165, 1.54) is 28.4 Å². The van der Waals surface area contributed by atoms with Gasteiger partial charge in [0, 0.05) is 45.4 Å². The summed E-state index contributed by atoms with van der Waals surface area (Å²) in [5.74, 6) is -0.283. The highest BCUT2D eigenvalue weighted by Gasteiger charge is 2.31. The van der Waals surface area contributed by atoms with Gasteiger partial charge in [0.1, 0.15) is 6.04 Å². The van der Waals surface area contributed by atoms with Crippen LogP contribution in [0.5, 0.6) is 0 Å². The van der Waals surface area contributed by atoms with Gasteiger partial charge in [-0.3, -0.25) is 14.9 Å². The lowest BCUT2D eigenvalue weighted by Crippen LogP contribution is -2.55. The SMILES string of the molecule is COCC(N)C(=O)N1CCN(S(=O)(=O)c2ccc([N+](=O)[O-])cc2)CC1.Cl. The Labute approximate surface area is 157 Å². The third kappa shape index (κ3) is 4.89. The van der Waals surface area contributed by atoms with Gasteiger partial charge in [-0.25, -0.2) is 8.42 Å². The largest absolute Gasteiger partial charge is 0.383 e. The molecule has 12 heteroatoms. The molecule has 1 aromatic rings. The Morgan fingerprint density at radius 2 is 1.81 bits per heavy atom. The van der Waals surface area contributed by atoms with E-state index in [0.717, 1.165) is 12.1 Å². The van der Waals surface area contributed by atoms with Gasteiger partial charge in [0.05, 0.1) is 16.4 Å². The second kappa shape index (κ2) is 9.24. The van der Waals surface area contributed by atoms with Crippen molar-refractivity contribution in [3.63, 3.8) is 0 Å². The van der Waals surface area contributed by atoms with Crippen molar-refractivity contribution >= 4 is 34.0 Å². The fourth-order valence-electron chi connectivity index (χ4n) is 2.52. The van der Waals surface area contributed by atoms with Crippen molar-refractivity contribution in [3.8, 4) is 0 Å². The molecule has 1 aliphatic heterocycles. The van der Waals surface area contributed by atoms with E-state index in [0.29, 0.717) is 0 Å². The van der Waals surface area contributed by atoms with Gasteiger partial charge in [0.25, 0.3) is 5.69 Å². The fourth-order valence-corrected chi connectivity index (χ4v) is 3.95. The van der Waals surface area contributed by atoms with Crippen molar-refractivity contribution in [1.82, 2.24) is 9.21 Å². The van der Waals surface area contributed by atoms with Crippen LogP contribution in [0.25, 0.3) is 0 Å². The second-order valence-corrected chi connectivity index (χ2v) is 7.48. The van der Waals surface area contributed by atoms with Crippen LogP contribution in [0.4, 0.5) is 5.69 Å². The van der Waals surface area contributed by atoms with Crippen LogP contribution in [-0.4, -0.2) is 74.4 Å². The zero-order chi connectivity index (χ0) is 18.6. The average Bonchev–Trinajstić information content (AvgIpc) is 2.61. The van der Waals surface area contributed by atoms with Gasteiger partial charge < -0.3 is 15.4 Å². The van der Waals surface area contributed by atoms with Crippen LogP contribution >= 0.6 is 12.4 Å². The maximum absolute atomic E-state index is 12.6. The molecule has 1 amide bonds. The molecule has 1 heterocycles. The van der Waals surface area contributed by atoms with Crippen LogP contribution < -0.4 is 5.73 Å². The number of rotatable bonds is 6. The summed E-state index contributed by atoms with van der Waals surface area (Å²) in [5.41, 5.74) is 5.53. The highest BCUT2D eigenvalue weighted by atomic mass is 35.5. The van der Waals surface area contributed by atoms with Crippen LogP contribution in [0.15, 0.2) is 29.2 Å². The van der Waals surface area contributed by atoms with Crippen LogP contribution in [-0.2, 0) is 19.6 Å². The van der Waals surface area contributed by atoms with Gasteiger partial charge in [-0.15, -0.1) is 12.4 Å². The lowest BCUT2D eigenvalue weighted by molar-refractivity contribution is -0.384. The monoisotopic (exact) mass is 408 g/mol. The number of nitrogens with zero attached hydrogens (tertiary/aromatic N) is 3. The highest BCUT2D eigenvalue weighted by molar-refractivity contribution is 7.89. The summed E-state index contributed by atoms with van der Waals surface area (Å²) < 4.78 is 31.3. The molecule has 1 aliphatic rings. The zero-order valence-corrected chi connectivity index (χ0v) is 15.7. The Balaban J connectivity index is 0.00000338. The van der Waals surface area contributed by atoms with Crippen LogP contribution in [0.2, 0.25) is 0 Å². The number of benzene rings is 1. The Morgan fingerprint density at radius 3 is 2.27 bits per heavy atom. The molecule has 26 heavy (non-hydrogen) atoms. The standard InChI is InChI=1S/C14H20N4O6S.ClH/c1-24-10-13(15)14(19)16-6-8-17(9-7-16)25(22,23)12-4-2-11(3-5-12)18(20)21;/h2-5,13H,6-10,15H2,1H3;1H. The Morgan fingerprint density at radius 1 is 1.27 bits per heavy atom. The quantitative estimate of drug-likeness (QED) is 0.509. The minimum Gasteiger partial charge on any atom is -0.383 e. The third-order valence-corrected chi connectivity index (χ3v) is 5.81. The zero-order valence-electron chi connectivity index (χ0n) is 14.1. The van der Waals surface area contributed by atoms with E-state index in [1.54, 1.807) is 0 Å². The smallest absolute Gasteiger partial charge is 0.269 e. The second-order valence-electron chi connectivity index (χ2n) is 5.54. The van der Waals surface area contributed by atoms with Crippen molar-refractivity contribution in [2.24, 2.45) is 5.73 Å². The van der Waals surface area contributed by atoms with Crippen molar-refractivity contribution in [2.45, 2.75) is 10.9 Å². The molecule has 0 aliphatic carbocycles. The molecule has 1 atom stereocenters. The summed E-state index contributed by atoms with van der Waals surface area (Å²) in [4.78, 5) is 23.7. The number of hydrogen-bond acceptors (Lipinski definition) is 7. The molecular formula is C14H21ClN4O6S. The molecule has 1 fully saturated rings. The van der Waals surface area contributed by atoms with Gasteiger partial charge >= 0.3 is 0 Å². The van der Waals surface area contributed by atoms with E-state index in [1.807, 2.05) is 0 Å². The number of nitrogens with two attached hydrogens (primary N) is 1. The number of carbonyl (C=O) groups is 1. The lowest BCUT2D eigenvalue weighted by Gasteiger charge is -2.35. The topological polar surface area (TPSA) is 136 Å². The minimum atomic E-state index is -3.77. The van der Waals surface area contributed by atoms with Gasteiger partial charge in [0.15, 0.2) is 0 Å². The number of amides is 1. The number of carbonyl (C=O) groups excluding carboxylic acids is 1. The molecule has 2 N–H and O–H groups in total. The van der Waals surface area contributed by atoms with Gasteiger partial charge in [0.2, 0.25) is 15.9 Å². The molecule has 0 radical (unpaired) electrons. The van der Waals surface area contributed by atoms with E-state index in [-0.39, 0.29) is 61.7 Å². The molecule has 0 spiro atoms. The summed E-state index contributed by atoms with van der Waals surface area (Å²) in [5, 5.41) is 10.7. The Bertz CT molecular complexity index is 734. The summed E-state index contributed by atoms with van der Waals surface area (Å²) in [7, 11) is -2.32. The first-order valence-electron chi connectivity index (χ1n) is 7.55. The maximum atomic E-state index is 12.6. The number of halogens is 1. The van der Waals surface area contributed by atoms with E-state index in [4.69, 9.17) is 10.5 Å². The van der Waals surface area contributed by atoms with Gasteiger partial charge in [-0.1, -0.05) is 0 Å². The number of piperazine rings is 1. The highest BCUT2D eigenvalue weighted by Crippen LogP contribution is 2.20. The molecular weight excluding hydrogens is 388 g/mol. The molecule has 146 valence electrons. The summed E-state index contributed by atoms with van der Waals surface area (Å²) in [6, 6.07) is 3.94. The Kier molecular flexibility index (Phi) is 7.90. The van der Waals surface area contributed by atoms with Crippen LogP contribution in [0.3, 0.4) is 0 Å². The van der Waals surface area contributed by atoms with E-state index < -0.39 is 21.0 Å². The van der Waals surface area contributed by atoms with Crippen LogP contribution in [0.1, 0.15) is 0 Å².